The number of nitrogens with zero attached hydrogens (tertiary/aromatic N) is 2. The van der Waals surface area contributed by atoms with Crippen LogP contribution in [0, 0.1) is 6.92 Å². The van der Waals surface area contributed by atoms with Gasteiger partial charge in [0, 0.05) is 17.7 Å². The fourth-order valence-electron chi connectivity index (χ4n) is 1.23. The third-order valence-corrected chi connectivity index (χ3v) is 2.78. The zero-order valence-electron chi connectivity index (χ0n) is 8.85. The van der Waals surface area contributed by atoms with Gasteiger partial charge in [0.2, 0.25) is 0 Å². The lowest BCUT2D eigenvalue weighted by molar-refractivity contribution is 0.438. The molecule has 1 aromatic carbocycles. The molecule has 0 atom stereocenters. The first-order valence-corrected chi connectivity index (χ1v) is 6.02. The second kappa shape index (κ2) is 5.07. The highest BCUT2D eigenvalue weighted by molar-refractivity contribution is 9.08. The highest BCUT2D eigenvalue weighted by atomic mass is 79.9. The Kier molecular flexibility index (Phi) is 3.51. The third kappa shape index (κ3) is 2.58. The number of aromatic nitrogens is 2. The summed E-state index contributed by atoms with van der Waals surface area (Å²) in [5.41, 5.74) is 2.09. The van der Waals surface area contributed by atoms with Crippen molar-refractivity contribution in [2.24, 2.45) is 0 Å². The summed E-state index contributed by atoms with van der Waals surface area (Å²) in [5.74, 6) is 0.786. The molecule has 0 aliphatic carbocycles. The summed E-state index contributed by atoms with van der Waals surface area (Å²) in [6, 6.07) is 8.16. The minimum absolute atomic E-state index is 0.374. The van der Waals surface area contributed by atoms with Gasteiger partial charge in [-0.1, -0.05) is 34.1 Å². The predicted octanol–water partition coefficient (Wildman–Crippen LogP) is 3.47. The number of hydrogen-bond acceptors (Lipinski definition) is 3. The summed E-state index contributed by atoms with van der Waals surface area (Å²) in [6.45, 7) is 1.99. The van der Waals surface area contributed by atoms with Crippen LogP contribution >= 0.6 is 15.9 Å². The van der Waals surface area contributed by atoms with Crippen molar-refractivity contribution < 1.29 is 4.74 Å². The molecule has 0 saturated heterocycles. The van der Waals surface area contributed by atoms with Crippen molar-refractivity contribution in [3.05, 3.63) is 47.8 Å². The molecule has 1 heterocycles. The van der Waals surface area contributed by atoms with E-state index in [9.17, 15) is 0 Å². The molecule has 0 spiro atoms. The molecule has 2 rings (SSSR count). The Balaban J connectivity index is 2.18. The topological polar surface area (TPSA) is 35.0 Å². The first-order valence-electron chi connectivity index (χ1n) is 4.90. The minimum Gasteiger partial charge on any atom is -0.424 e. The Morgan fingerprint density at radius 1 is 1.19 bits per heavy atom. The van der Waals surface area contributed by atoms with E-state index in [-0.39, 0.29) is 0 Å². The van der Waals surface area contributed by atoms with Crippen LogP contribution in [0.15, 0.2) is 36.7 Å². The molecular formula is C12H11BrN2O. The fourth-order valence-corrected chi connectivity index (χ4v) is 1.52. The number of benzene rings is 1. The average Bonchev–Trinajstić information content (AvgIpc) is 2.33. The maximum Gasteiger partial charge on any atom is 0.321 e. The first kappa shape index (κ1) is 11.1. The van der Waals surface area contributed by atoms with Crippen molar-refractivity contribution >= 4 is 15.9 Å². The third-order valence-electron chi connectivity index (χ3n) is 2.13. The van der Waals surface area contributed by atoms with Crippen LogP contribution in [-0.2, 0) is 5.33 Å². The molecule has 0 fully saturated rings. The van der Waals surface area contributed by atoms with Crippen LogP contribution in [0.4, 0.5) is 0 Å². The van der Waals surface area contributed by atoms with E-state index in [1.807, 2.05) is 31.2 Å². The first-order chi connectivity index (χ1) is 7.79. The predicted molar refractivity (Wildman–Crippen MR) is 65.9 cm³/mol. The van der Waals surface area contributed by atoms with E-state index in [0.29, 0.717) is 6.01 Å². The van der Waals surface area contributed by atoms with Gasteiger partial charge in [-0.25, -0.2) is 9.97 Å². The van der Waals surface area contributed by atoms with E-state index in [1.54, 1.807) is 12.4 Å². The molecule has 0 bridgehead atoms. The molecule has 82 valence electrons. The normalized spacial score (nSPS) is 10.1. The van der Waals surface area contributed by atoms with Crippen LogP contribution in [0.1, 0.15) is 11.1 Å². The average molecular weight is 279 g/mol. The summed E-state index contributed by atoms with van der Waals surface area (Å²) in [6.07, 6.45) is 3.49. The standard InChI is InChI=1S/C12H11BrN2O/c1-9-4-2-3-5-11(9)16-12-14-7-10(6-13)8-15-12/h2-5,7-8H,6H2,1H3. The number of halogens is 1. The Morgan fingerprint density at radius 2 is 1.88 bits per heavy atom. The van der Waals surface area contributed by atoms with Gasteiger partial charge in [0.1, 0.15) is 5.75 Å². The summed E-state index contributed by atoms with van der Waals surface area (Å²) in [5, 5.41) is 0.748. The van der Waals surface area contributed by atoms with Crippen LogP contribution in [-0.4, -0.2) is 9.97 Å². The maximum absolute atomic E-state index is 5.57. The molecule has 1 aromatic heterocycles. The van der Waals surface area contributed by atoms with E-state index < -0.39 is 0 Å². The number of aryl methyl sites for hydroxylation is 1. The lowest BCUT2D eigenvalue weighted by Crippen LogP contribution is -1.93. The molecule has 3 nitrogen and oxygen atoms in total. The highest BCUT2D eigenvalue weighted by Gasteiger charge is 2.02. The number of hydrogen-bond donors (Lipinski definition) is 0. The second-order valence-corrected chi connectivity index (χ2v) is 3.94. The highest BCUT2D eigenvalue weighted by Crippen LogP contribution is 2.21. The van der Waals surface area contributed by atoms with Crippen LogP contribution in [0.3, 0.4) is 0 Å². The maximum atomic E-state index is 5.57. The van der Waals surface area contributed by atoms with Gasteiger partial charge in [0.15, 0.2) is 0 Å². The largest absolute Gasteiger partial charge is 0.424 e. The van der Waals surface area contributed by atoms with Gasteiger partial charge >= 0.3 is 6.01 Å². The van der Waals surface area contributed by atoms with Crippen LogP contribution in [0.5, 0.6) is 11.8 Å². The minimum atomic E-state index is 0.374. The van der Waals surface area contributed by atoms with Crippen LogP contribution < -0.4 is 4.74 Å². The van der Waals surface area contributed by atoms with Crippen LogP contribution in [0.2, 0.25) is 0 Å². The molecule has 0 saturated carbocycles. The van der Waals surface area contributed by atoms with Crippen molar-refractivity contribution in [2.45, 2.75) is 12.3 Å². The Hall–Kier alpha value is -1.42. The molecule has 0 radical (unpaired) electrons. The Morgan fingerprint density at radius 3 is 2.50 bits per heavy atom. The second-order valence-electron chi connectivity index (χ2n) is 3.38. The quantitative estimate of drug-likeness (QED) is 0.807. The van der Waals surface area contributed by atoms with Gasteiger partial charge in [-0.05, 0) is 24.1 Å². The van der Waals surface area contributed by atoms with Gasteiger partial charge in [0.25, 0.3) is 0 Å². The summed E-state index contributed by atoms with van der Waals surface area (Å²) < 4.78 is 5.57. The molecule has 16 heavy (non-hydrogen) atoms. The van der Waals surface area contributed by atoms with E-state index in [1.165, 1.54) is 0 Å². The van der Waals surface area contributed by atoms with Crippen molar-refractivity contribution in [1.82, 2.24) is 9.97 Å². The van der Waals surface area contributed by atoms with E-state index in [4.69, 9.17) is 4.74 Å². The molecule has 0 unspecified atom stereocenters. The smallest absolute Gasteiger partial charge is 0.321 e. The van der Waals surface area contributed by atoms with E-state index >= 15 is 0 Å². The van der Waals surface area contributed by atoms with Gasteiger partial charge in [0.05, 0.1) is 0 Å². The number of rotatable bonds is 3. The Bertz CT molecular complexity index is 471. The van der Waals surface area contributed by atoms with Crippen molar-refractivity contribution in [3.63, 3.8) is 0 Å². The number of para-hydroxylation sites is 1. The molecule has 0 aliphatic heterocycles. The summed E-state index contributed by atoms with van der Waals surface area (Å²) in [4.78, 5) is 8.25. The van der Waals surface area contributed by atoms with Gasteiger partial charge < -0.3 is 4.74 Å². The van der Waals surface area contributed by atoms with Gasteiger partial charge in [-0.15, -0.1) is 0 Å². The monoisotopic (exact) mass is 278 g/mol. The van der Waals surface area contributed by atoms with Crippen molar-refractivity contribution in [3.8, 4) is 11.8 Å². The lowest BCUT2D eigenvalue weighted by Gasteiger charge is -2.06. The molecule has 2 aromatic rings. The summed E-state index contributed by atoms with van der Waals surface area (Å²) >= 11 is 3.34. The zero-order valence-corrected chi connectivity index (χ0v) is 10.4. The lowest BCUT2D eigenvalue weighted by atomic mass is 10.2. The van der Waals surface area contributed by atoms with E-state index in [2.05, 4.69) is 25.9 Å². The molecule has 0 amide bonds. The van der Waals surface area contributed by atoms with E-state index in [0.717, 1.165) is 22.2 Å². The SMILES string of the molecule is Cc1ccccc1Oc1ncc(CBr)cn1. The van der Waals surface area contributed by atoms with Crippen molar-refractivity contribution in [2.75, 3.05) is 0 Å². The zero-order chi connectivity index (χ0) is 11.4. The number of ether oxygens (including phenoxy) is 1. The Labute approximate surface area is 103 Å². The van der Waals surface area contributed by atoms with Gasteiger partial charge in [-0.3, -0.25) is 0 Å². The molecule has 0 N–H and O–H groups in total. The molecule has 0 aliphatic rings. The fraction of sp³-hybridized carbons (Fsp3) is 0.167. The molecule has 4 heteroatoms. The molecular weight excluding hydrogens is 268 g/mol. The number of alkyl halides is 1. The van der Waals surface area contributed by atoms with Crippen molar-refractivity contribution in [1.29, 1.82) is 0 Å². The van der Waals surface area contributed by atoms with Gasteiger partial charge in [-0.2, -0.15) is 0 Å². The summed E-state index contributed by atoms with van der Waals surface area (Å²) in [7, 11) is 0. The van der Waals surface area contributed by atoms with Crippen LogP contribution in [0.25, 0.3) is 0 Å².